The minimum Gasteiger partial charge on any atom is -0.338 e. The summed E-state index contributed by atoms with van der Waals surface area (Å²) in [7, 11) is 0. The van der Waals surface area contributed by atoms with Crippen LogP contribution in [0.4, 0.5) is 0 Å². The lowest BCUT2D eigenvalue weighted by Gasteiger charge is -2.26. The molecule has 1 aliphatic rings. The van der Waals surface area contributed by atoms with E-state index in [0.717, 1.165) is 43.0 Å². The molecular formula is C23H32N6OS. The number of nitrogens with zero attached hydrogens (tertiary/aromatic N) is 6. The molecular weight excluding hydrogens is 408 g/mol. The highest BCUT2D eigenvalue weighted by atomic mass is 32.2. The van der Waals surface area contributed by atoms with Gasteiger partial charge in [0.15, 0.2) is 11.0 Å². The largest absolute Gasteiger partial charge is 0.338 e. The predicted molar refractivity (Wildman–Crippen MR) is 122 cm³/mol. The lowest BCUT2D eigenvalue weighted by atomic mass is 9.96. The van der Waals surface area contributed by atoms with Gasteiger partial charge in [-0.05, 0) is 38.4 Å². The zero-order valence-corrected chi connectivity index (χ0v) is 19.7. The van der Waals surface area contributed by atoms with Crippen LogP contribution in [0.1, 0.15) is 75.3 Å². The maximum Gasteiger partial charge on any atom is 0.239 e. The maximum absolute atomic E-state index is 5.56. The van der Waals surface area contributed by atoms with E-state index in [4.69, 9.17) is 4.52 Å². The number of benzene rings is 1. The molecule has 1 aromatic carbocycles. The average Bonchev–Trinajstić information content (AvgIpc) is 3.39. The molecule has 0 aliphatic carbocycles. The Morgan fingerprint density at radius 2 is 1.77 bits per heavy atom. The van der Waals surface area contributed by atoms with Crippen molar-refractivity contribution in [3.8, 4) is 0 Å². The molecule has 1 atom stereocenters. The molecule has 1 aliphatic heterocycles. The molecule has 7 nitrogen and oxygen atoms in total. The van der Waals surface area contributed by atoms with E-state index in [0.29, 0.717) is 5.89 Å². The highest BCUT2D eigenvalue weighted by Crippen LogP contribution is 2.34. The summed E-state index contributed by atoms with van der Waals surface area (Å²) in [4.78, 5) is 7.11. The summed E-state index contributed by atoms with van der Waals surface area (Å²) in [6, 6.07) is 10.5. The van der Waals surface area contributed by atoms with Crippen LogP contribution >= 0.6 is 11.8 Å². The Morgan fingerprint density at radius 1 is 1.03 bits per heavy atom. The van der Waals surface area contributed by atoms with Gasteiger partial charge in [0.05, 0.1) is 18.3 Å². The molecule has 0 spiro atoms. The van der Waals surface area contributed by atoms with Crippen LogP contribution in [0.25, 0.3) is 0 Å². The first-order chi connectivity index (χ1) is 14.9. The van der Waals surface area contributed by atoms with Crippen LogP contribution in [0.5, 0.6) is 0 Å². The first-order valence-electron chi connectivity index (χ1n) is 11.1. The molecule has 166 valence electrons. The average molecular weight is 441 g/mol. The topological polar surface area (TPSA) is 72.9 Å². The Morgan fingerprint density at radius 3 is 2.45 bits per heavy atom. The van der Waals surface area contributed by atoms with Crippen LogP contribution in [0.2, 0.25) is 0 Å². The molecule has 0 unspecified atom stereocenters. The number of hydrogen-bond acceptors (Lipinski definition) is 7. The van der Waals surface area contributed by atoms with E-state index in [9.17, 15) is 0 Å². The minimum absolute atomic E-state index is 0.00911. The third kappa shape index (κ3) is 5.54. The van der Waals surface area contributed by atoms with E-state index in [1.54, 1.807) is 11.8 Å². The van der Waals surface area contributed by atoms with Crippen molar-refractivity contribution in [3.63, 3.8) is 0 Å². The van der Waals surface area contributed by atoms with E-state index in [1.165, 1.54) is 24.8 Å². The van der Waals surface area contributed by atoms with Crippen molar-refractivity contribution < 1.29 is 4.52 Å². The molecule has 1 fully saturated rings. The smallest absolute Gasteiger partial charge is 0.239 e. The summed E-state index contributed by atoms with van der Waals surface area (Å²) in [5.74, 6) is 2.37. The van der Waals surface area contributed by atoms with E-state index in [-0.39, 0.29) is 10.7 Å². The molecule has 3 heterocycles. The van der Waals surface area contributed by atoms with Crippen molar-refractivity contribution in [1.82, 2.24) is 29.8 Å². The third-order valence-electron chi connectivity index (χ3n) is 5.53. The Balaban J connectivity index is 1.56. The minimum atomic E-state index is -0.138. The van der Waals surface area contributed by atoms with Crippen molar-refractivity contribution in [3.05, 3.63) is 53.4 Å². The predicted octanol–water partition coefficient (Wildman–Crippen LogP) is 4.85. The molecule has 0 bridgehead atoms. The Hall–Kier alpha value is -2.19. The summed E-state index contributed by atoms with van der Waals surface area (Å²) in [5, 5.41) is 14.2. The normalized spacial score (nSPS) is 16.5. The molecule has 31 heavy (non-hydrogen) atoms. The highest BCUT2D eigenvalue weighted by molar-refractivity contribution is 7.99. The molecule has 0 amide bonds. The Kier molecular flexibility index (Phi) is 6.77. The van der Waals surface area contributed by atoms with Gasteiger partial charge in [-0.25, -0.2) is 0 Å². The quantitative estimate of drug-likeness (QED) is 0.486. The van der Waals surface area contributed by atoms with Crippen LogP contribution in [0, 0.1) is 0 Å². The molecule has 0 N–H and O–H groups in total. The van der Waals surface area contributed by atoms with Crippen LogP contribution < -0.4 is 0 Å². The summed E-state index contributed by atoms with van der Waals surface area (Å²) >= 11 is 1.62. The highest BCUT2D eigenvalue weighted by Gasteiger charge is 2.25. The van der Waals surface area contributed by atoms with Crippen molar-refractivity contribution in [1.29, 1.82) is 0 Å². The standard InChI is InChI=1S/C23H32N6OS/c1-17(20-24-21(27-30-20)23(2,3)4)31-22-26-25-19(16-28-13-9-6-10-14-28)29(22)15-18-11-7-5-8-12-18/h5,7-8,11-12,17H,6,9-10,13-16H2,1-4H3/t17-/m0/s1. The van der Waals surface area contributed by atoms with Gasteiger partial charge >= 0.3 is 0 Å². The Labute approximate surface area is 188 Å². The van der Waals surface area contributed by atoms with Crippen molar-refractivity contribution in [2.75, 3.05) is 13.1 Å². The van der Waals surface area contributed by atoms with Gasteiger partial charge in [-0.3, -0.25) is 4.90 Å². The number of rotatable bonds is 7. The lowest BCUT2D eigenvalue weighted by molar-refractivity contribution is 0.213. The zero-order valence-electron chi connectivity index (χ0n) is 18.9. The van der Waals surface area contributed by atoms with Gasteiger partial charge in [0, 0.05) is 5.41 Å². The van der Waals surface area contributed by atoms with Gasteiger partial charge in [-0.15, -0.1) is 10.2 Å². The number of aromatic nitrogens is 5. The van der Waals surface area contributed by atoms with Gasteiger partial charge in [0.2, 0.25) is 5.89 Å². The molecule has 4 rings (SSSR count). The van der Waals surface area contributed by atoms with Gasteiger partial charge in [0.25, 0.3) is 0 Å². The van der Waals surface area contributed by atoms with Gasteiger partial charge in [-0.2, -0.15) is 4.98 Å². The number of piperidine rings is 1. The SMILES string of the molecule is C[C@H](Sc1nnc(CN2CCCCC2)n1Cc1ccccc1)c1nc(C(C)(C)C)no1. The van der Waals surface area contributed by atoms with Gasteiger partial charge < -0.3 is 9.09 Å². The fourth-order valence-electron chi connectivity index (χ4n) is 3.68. The van der Waals surface area contributed by atoms with Crippen LogP contribution in [-0.4, -0.2) is 42.9 Å². The van der Waals surface area contributed by atoms with E-state index in [1.807, 2.05) is 6.07 Å². The fourth-order valence-corrected chi connectivity index (χ4v) is 4.58. The number of hydrogen-bond donors (Lipinski definition) is 0. The van der Waals surface area contributed by atoms with Crippen LogP contribution in [0.15, 0.2) is 40.0 Å². The van der Waals surface area contributed by atoms with Crippen molar-refractivity contribution >= 4 is 11.8 Å². The monoisotopic (exact) mass is 440 g/mol. The first kappa shape index (κ1) is 22.0. The third-order valence-corrected chi connectivity index (χ3v) is 6.60. The second-order valence-electron chi connectivity index (χ2n) is 9.27. The summed E-state index contributed by atoms with van der Waals surface area (Å²) < 4.78 is 7.81. The van der Waals surface area contributed by atoms with Gasteiger partial charge in [0.1, 0.15) is 5.82 Å². The molecule has 3 aromatic rings. The fraction of sp³-hybridized carbons (Fsp3) is 0.565. The number of thioether (sulfide) groups is 1. The maximum atomic E-state index is 5.56. The summed E-state index contributed by atoms with van der Waals surface area (Å²) in [6.07, 6.45) is 3.85. The summed E-state index contributed by atoms with van der Waals surface area (Å²) in [5.41, 5.74) is 1.10. The van der Waals surface area contributed by atoms with Crippen molar-refractivity contribution in [2.45, 2.75) is 75.9 Å². The summed E-state index contributed by atoms with van der Waals surface area (Å²) in [6.45, 7) is 12.2. The lowest BCUT2D eigenvalue weighted by Crippen LogP contribution is -2.30. The van der Waals surface area contributed by atoms with E-state index in [2.05, 4.69) is 81.8 Å². The van der Waals surface area contributed by atoms with Crippen molar-refractivity contribution in [2.24, 2.45) is 0 Å². The first-order valence-corrected chi connectivity index (χ1v) is 12.0. The molecule has 0 saturated carbocycles. The molecule has 2 aromatic heterocycles. The van der Waals surface area contributed by atoms with E-state index >= 15 is 0 Å². The second kappa shape index (κ2) is 9.53. The molecule has 1 saturated heterocycles. The second-order valence-corrected chi connectivity index (χ2v) is 10.6. The van der Waals surface area contributed by atoms with Gasteiger partial charge in [-0.1, -0.05) is 74.4 Å². The van der Waals surface area contributed by atoms with E-state index < -0.39 is 0 Å². The molecule has 0 radical (unpaired) electrons. The zero-order chi connectivity index (χ0) is 21.8. The van der Waals surface area contributed by atoms with Crippen LogP contribution in [0.3, 0.4) is 0 Å². The Bertz CT molecular complexity index is 972. The number of likely N-dealkylation sites (tertiary alicyclic amines) is 1. The molecule has 8 heteroatoms. The van der Waals surface area contributed by atoms with Crippen LogP contribution in [-0.2, 0) is 18.5 Å².